The largest absolute Gasteiger partial charge is 0.270 e. The van der Waals surface area contributed by atoms with Gasteiger partial charge in [-0.15, -0.1) is 11.3 Å². The first-order valence-electron chi connectivity index (χ1n) is 5.09. The van der Waals surface area contributed by atoms with Crippen LogP contribution in [0.3, 0.4) is 0 Å². The molecule has 1 atom stereocenters. The Hall–Kier alpha value is -0.590. The third-order valence-electron chi connectivity index (χ3n) is 2.48. The third-order valence-corrected chi connectivity index (χ3v) is 4.19. The van der Waals surface area contributed by atoms with Crippen molar-refractivity contribution in [2.24, 2.45) is 5.84 Å². The predicted molar refractivity (Wildman–Crippen MR) is 71.4 cm³/mol. The molecule has 0 saturated carbocycles. The fourth-order valence-corrected chi connectivity index (χ4v) is 3.18. The second-order valence-electron chi connectivity index (χ2n) is 3.43. The van der Waals surface area contributed by atoms with E-state index in [1.54, 1.807) is 6.20 Å². The summed E-state index contributed by atoms with van der Waals surface area (Å²) in [5, 5.41) is 7.37. The highest BCUT2D eigenvalue weighted by Gasteiger charge is 2.23. The second kappa shape index (κ2) is 5.37. The molecule has 2 aromatic rings. The van der Waals surface area contributed by atoms with E-state index in [-0.39, 0.29) is 6.04 Å². The number of thiophene rings is 1. The van der Waals surface area contributed by atoms with Gasteiger partial charge in [0, 0.05) is 11.4 Å². The van der Waals surface area contributed by atoms with Crippen molar-refractivity contribution in [3.05, 3.63) is 38.3 Å². The van der Waals surface area contributed by atoms with Crippen molar-refractivity contribution in [1.29, 1.82) is 0 Å². The molecule has 0 fully saturated rings. The van der Waals surface area contributed by atoms with Gasteiger partial charge in [-0.3, -0.25) is 10.5 Å². The Morgan fingerprint density at radius 3 is 2.82 bits per heavy atom. The van der Waals surface area contributed by atoms with Gasteiger partial charge >= 0.3 is 0 Å². The van der Waals surface area contributed by atoms with Crippen LogP contribution in [0, 0.1) is 0 Å². The van der Waals surface area contributed by atoms with Crippen LogP contribution in [0.1, 0.15) is 23.5 Å². The normalized spacial score (nSPS) is 12.9. The number of halogens is 2. The topological polar surface area (TPSA) is 55.9 Å². The third kappa shape index (κ3) is 2.34. The van der Waals surface area contributed by atoms with Crippen molar-refractivity contribution < 1.29 is 0 Å². The molecule has 0 bridgehead atoms. The Bertz CT molecular complexity index is 508. The van der Waals surface area contributed by atoms with Crippen LogP contribution in [0.25, 0.3) is 0 Å². The fraction of sp³-hybridized carbons (Fsp3) is 0.300. The summed E-state index contributed by atoms with van der Waals surface area (Å²) in [7, 11) is 0. The first-order chi connectivity index (χ1) is 8.19. The summed E-state index contributed by atoms with van der Waals surface area (Å²) in [6, 6.07) is 1.60. The molecule has 2 aromatic heterocycles. The molecule has 0 amide bonds. The number of hydrogen-bond donors (Lipinski definition) is 2. The Balaban J connectivity index is 2.49. The van der Waals surface area contributed by atoms with Gasteiger partial charge in [-0.1, -0.05) is 23.2 Å². The van der Waals surface area contributed by atoms with E-state index in [1.807, 2.05) is 23.1 Å². The minimum absolute atomic E-state index is 0.238. The number of aryl methyl sites for hydroxylation is 1. The van der Waals surface area contributed by atoms with Crippen molar-refractivity contribution in [3.63, 3.8) is 0 Å². The van der Waals surface area contributed by atoms with Crippen molar-refractivity contribution in [2.75, 3.05) is 0 Å². The maximum Gasteiger partial charge on any atom is 0.1000 e. The molecule has 17 heavy (non-hydrogen) atoms. The molecular formula is C10H12Cl2N4S. The van der Waals surface area contributed by atoms with Crippen molar-refractivity contribution in [3.8, 4) is 0 Å². The molecule has 0 aliphatic heterocycles. The van der Waals surface area contributed by atoms with E-state index in [0.29, 0.717) is 10.0 Å². The molecule has 0 aliphatic rings. The smallest absolute Gasteiger partial charge is 0.1000 e. The van der Waals surface area contributed by atoms with E-state index in [9.17, 15) is 0 Å². The van der Waals surface area contributed by atoms with Crippen molar-refractivity contribution in [1.82, 2.24) is 15.2 Å². The highest BCUT2D eigenvalue weighted by Crippen LogP contribution is 2.35. The van der Waals surface area contributed by atoms with E-state index in [4.69, 9.17) is 29.0 Å². The minimum atomic E-state index is -0.238. The lowest BCUT2D eigenvalue weighted by molar-refractivity contribution is 0.548. The van der Waals surface area contributed by atoms with Crippen LogP contribution in [-0.2, 0) is 6.54 Å². The van der Waals surface area contributed by atoms with Crippen molar-refractivity contribution >= 4 is 34.5 Å². The highest BCUT2D eigenvalue weighted by atomic mass is 35.5. The van der Waals surface area contributed by atoms with E-state index in [0.717, 1.165) is 17.1 Å². The number of rotatable bonds is 4. The Kier molecular flexibility index (Phi) is 4.06. The van der Waals surface area contributed by atoms with Gasteiger partial charge in [0.25, 0.3) is 0 Å². The Morgan fingerprint density at radius 2 is 2.29 bits per heavy atom. The zero-order chi connectivity index (χ0) is 12.4. The first kappa shape index (κ1) is 12.9. The molecule has 0 aliphatic carbocycles. The van der Waals surface area contributed by atoms with Gasteiger partial charge in [-0.25, -0.2) is 5.43 Å². The molecule has 3 N–H and O–H groups in total. The number of hydrazine groups is 1. The molecule has 0 saturated heterocycles. The van der Waals surface area contributed by atoms with Crippen LogP contribution in [0.4, 0.5) is 0 Å². The molecule has 1 unspecified atom stereocenters. The van der Waals surface area contributed by atoms with E-state index in [1.165, 1.54) is 11.3 Å². The standard InChI is InChI=1S/C10H12Cl2N4S/c1-2-16-9(7(12)5-14-16)8(15-13)10-6(11)3-4-17-10/h3-5,8,15H,2,13H2,1H3. The second-order valence-corrected chi connectivity index (χ2v) is 5.19. The van der Waals surface area contributed by atoms with Gasteiger partial charge in [0.1, 0.15) is 0 Å². The van der Waals surface area contributed by atoms with Gasteiger partial charge < -0.3 is 0 Å². The highest BCUT2D eigenvalue weighted by molar-refractivity contribution is 7.10. The number of aromatic nitrogens is 2. The lowest BCUT2D eigenvalue weighted by Gasteiger charge is -2.17. The van der Waals surface area contributed by atoms with Gasteiger partial charge in [-0.2, -0.15) is 5.10 Å². The van der Waals surface area contributed by atoms with Gasteiger partial charge in [0.15, 0.2) is 0 Å². The number of nitrogens with two attached hydrogens (primary N) is 1. The molecule has 0 radical (unpaired) electrons. The number of nitrogens with zero attached hydrogens (tertiary/aromatic N) is 2. The molecule has 0 spiro atoms. The summed E-state index contributed by atoms with van der Waals surface area (Å²) < 4.78 is 1.81. The van der Waals surface area contributed by atoms with Crippen molar-refractivity contribution in [2.45, 2.75) is 19.5 Å². The van der Waals surface area contributed by atoms with Crippen LogP contribution >= 0.6 is 34.5 Å². The number of hydrogen-bond acceptors (Lipinski definition) is 4. The molecule has 92 valence electrons. The predicted octanol–water partition coefficient (Wildman–Crippen LogP) is 2.82. The SMILES string of the molecule is CCn1ncc(Cl)c1C(NN)c1sccc1Cl. The molecule has 2 heterocycles. The van der Waals surface area contributed by atoms with Crippen LogP contribution in [-0.4, -0.2) is 9.78 Å². The molecule has 0 aromatic carbocycles. The molecule has 4 nitrogen and oxygen atoms in total. The quantitative estimate of drug-likeness (QED) is 0.672. The molecule has 7 heteroatoms. The van der Waals surface area contributed by atoms with Gasteiger partial charge in [0.2, 0.25) is 0 Å². The summed E-state index contributed by atoms with van der Waals surface area (Å²) in [5.74, 6) is 5.61. The average molecular weight is 291 g/mol. The summed E-state index contributed by atoms with van der Waals surface area (Å²) in [4.78, 5) is 0.936. The van der Waals surface area contributed by atoms with Crippen LogP contribution in [0.5, 0.6) is 0 Å². The Labute approximate surface area is 113 Å². The summed E-state index contributed by atoms with van der Waals surface area (Å²) >= 11 is 13.8. The summed E-state index contributed by atoms with van der Waals surface area (Å²) in [5.41, 5.74) is 3.58. The zero-order valence-electron chi connectivity index (χ0n) is 9.15. The minimum Gasteiger partial charge on any atom is -0.270 e. The molecule has 2 rings (SSSR count). The van der Waals surface area contributed by atoms with Gasteiger partial charge in [-0.05, 0) is 18.4 Å². The first-order valence-corrected chi connectivity index (χ1v) is 6.72. The Morgan fingerprint density at radius 1 is 1.53 bits per heavy atom. The van der Waals surface area contributed by atoms with Crippen LogP contribution in [0.2, 0.25) is 10.0 Å². The fourth-order valence-electron chi connectivity index (χ4n) is 1.70. The maximum absolute atomic E-state index is 6.15. The monoisotopic (exact) mass is 290 g/mol. The van der Waals surface area contributed by atoms with E-state index < -0.39 is 0 Å². The summed E-state index contributed by atoms with van der Waals surface area (Å²) in [6.07, 6.45) is 1.62. The van der Waals surface area contributed by atoms with E-state index >= 15 is 0 Å². The van der Waals surface area contributed by atoms with Crippen LogP contribution < -0.4 is 11.3 Å². The molecular weight excluding hydrogens is 279 g/mol. The van der Waals surface area contributed by atoms with Crippen LogP contribution in [0.15, 0.2) is 17.6 Å². The zero-order valence-corrected chi connectivity index (χ0v) is 11.5. The average Bonchev–Trinajstić information content (AvgIpc) is 2.89. The van der Waals surface area contributed by atoms with Gasteiger partial charge in [0.05, 0.1) is 28.0 Å². The lowest BCUT2D eigenvalue weighted by Crippen LogP contribution is -2.30. The summed E-state index contributed by atoms with van der Waals surface area (Å²) in [6.45, 7) is 2.72. The maximum atomic E-state index is 6.15. The van der Waals surface area contributed by atoms with E-state index in [2.05, 4.69) is 10.5 Å². The number of nitrogens with one attached hydrogen (secondary N) is 1. The lowest BCUT2D eigenvalue weighted by atomic mass is 10.2.